The van der Waals surface area contributed by atoms with Gasteiger partial charge in [-0.3, -0.25) is 38.8 Å². The standard InChI is InChI=1S/4C24H38N2O4/c4*1-14(2)9-17-13-26-8-7-16-10-21(28-5)22(29-6)11-18(16)19(26)12-20(17)30-24(27)23(25)15(3)4/h4*10-11,14-15,17,19-20,23H,7-9,12-13,25H2,1-6H3/t4*17?,19?,20?,23-/m0000/s1/i5D3,7D2,10D,11D,19D,20D;5D3,12D2,13D2,17D;2*12D2,13D2,17D. The third-order valence-electron chi connectivity index (χ3n) is 22.4. The number of hydrogen-bond donors (Lipinski definition) is 4. The van der Waals surface area contributed by atoms with Crippen LogP contribution in [0.1, 0.15) is 268 Å². The van der Waals surface area contributed by atoms with Gasteiger partial charge in [0.25, 0.3) is 0 Å². The monoisotopic (exact) mass is 1700 g/mol. The van der Waals surface area contributed by atoms with Crippen LogP contribution in [0, 0.1) is 70.9 Å². The van der Waals surface area contributed by atoms with Gasteiger partial charge in [0.05, 0.1) is 70.4 Å². The summed E-state index contributed by atoms with van der Waals surface area (Å²) in [5.41, 5.74) is 27.0. The number of nitrogens with two attached hydrogens (primary N) is 4. The molecule has 24 heteroatoms. The second kappa shape index (κ2) is 43.9. The molecule has 8 N–H and O–H groups in total. The Bertz CT molecular complexity index is 5200. The van der Waals surface area contributed by atoms with Gasteiger partial charge in [-0.25, -0.2) is 0 Å². The third-order valence-corrected chi connectivity index (χ3v) is 22.4. The van der Waals surface area contributed by atoms with Crippen molar-refractivity contribution < 1.29 is 113 Å². The highest BCUT2D eigenvalue weighted by molar-refractivity contribution is 5.77. The molecule has 0 spiro atoms. The zero-order valence-electron chi connectivity index (χ0n) is 101. The molecule has 672 valence electrons. The first kappa shape index (κ1) is 64.6. The molecule has 4 aromatic rings. The molecule has 8 aliphatic heterocycles. The van der Waals surface area contributed by atoms with Crippen LogP contribution in [0.15, 0.2) is 48.5 Å². The lowest BCUT2D eigenvalue weighted by atomic mass is 9.79. The maximum absolute atomic E-state index is 13.0. The Labute approximate surface area is 756 Å². The second-order valence-electron chi connectivity index (χ2n) is 34.7. The normalized spacial score (nSPS) is 34.4. The maximum Gasteiger partial charge on any atom is 0.323 e. The van der Waals surface area contributed by atoms with Crippen LogP contribution in [0.3, 0.4) is 0 Å². The predicted octanol–water partition coefficient (Wildman–Crippen LogP) is 14.3. The van der Waals surface area contributed by atoms with Crippen LogP contribution >= 0.6 is 0 Å². The van der Waals surface area contributed by atoms with E-state index in [9.17, 15) is 34.3 Å². The molecule has 12 rings (SSSR count). The first-order chi connectivity index (χ1) is 67.2. The van der Waals surface area contributed by atoms with Crippen LogP contribution in [0.5, 0.6) is 46.0 Å². The molecular formula is C96H152N8O16. The van der Waals surface area contributed by atoms with Crippen molar-refractivity contribution >= 4 is 23.9 Å². The number of esters is 4. The van der Waals surface area contributed by atoms with E-state index in [1.807, 2.05) is 41.5 Å². The number of ether oxygens (including phenoxy) is 12. The first-order valence-electron chi connectivity index (χ1n) is 55.4. The van der Waals surface area contributed by atoms with Crippen LogP contribution in [-0.4, -0.2) is 201 Å². The molecule has 4 fully saturated rings. The number of hydrogen-bond acceptors (Lipinski definition) is 24. The molecule has 0 saturated carbocycles. The molecule has 4 saturated heterocycles. The topological polar surface area (TPSA) is 296 Å². The van der Waals surface area contributed by atoms with Gasteiger partial charge >= 0.3 is 23.9 Å². The minimum atomic E-state index is -3.01. The lowest BCUT2D eigenvalue weighted by molar-refractivity contribution is -0.161. The van der Waals surface area contributed by atoms with Gasteiger partial charge in [0.2, 0.25) is 0 Å². The van der Waals surface area contributed by atoms with Crippen molar-refractivity contribution in [2.75, 3.05) is 109 Å². The highest BCUT2D eigenvalue weighted by atomic mass is 16.6. The minimum Gasteiger partial charge on any atom is -0.493 e. The maximum atomic E-state index is 13.0. The Balaban J connectivity index is 0.000000218. The van der Waals surface area contributed by atoms with Crippen molar-refractivity contribution in [3.05, 3.63) is 93.0 Å². The van der Waals surface area contributed by atoms with Crippen molar-refractivity contribution in [3.8, 4) is 46.0 Å². The summed E-state index contributed by atoms with van der Waals surface area (Å²) in [7, 11) is 2.72. The van der Waals surface area contributed by atoms with Gasteiger partial charge in [-0.2, -0.15) is 0 Å². The number of carbonyl (C=O) groups excluding carboxylic acids is 4. The Morgan fingerprint density at radius 1 is 0.400 bits per heavy atom. The van der Waals surface area contributed by atoms with Gasteiger partial charge in [-0.1, -0.05) is 111 Å². The molecule has 4 aromatic carbocycles. The van der Waals surface area contributed by atoms with Crippen molar-refractivity contribution in [2.24, 2.45) is 93.9 Å². The molecule has 8 heterocycles. The van der Waals surface area contributed by atoms with E-state index in [2.05, 4.69) is 0 Å². The SMILES string of the molecule is [2H]C([2H])([2H])Oc1cc2c(cc1OC)C1N(CC2)C([2H])([2H])C([2H])(CC(C)C)C(OC(=O)[C@@H](N)C(C)C)C1([2H])[2H].[2H]C1([2H])C2c3cc(OC)c(OC)cc3CCN2C([2H])([2H])C([2H])(CC(C)C)C1OC(=O)[C@@H](N)C(C)C.[2H]C1([2H])C2c3cc(OC)c(OC)cc3CCN2C([2H])([2H])C([2H])(CC(C)C)C1OC(=O)[C@@H](N)C(C)C.[2H]c1c(OC([2H])([2H])[2H])c(OC)c([2H])c2c1C([2H])([2H])CN1CC(CC(C)C)C([2H])(OC(=O)[C@@H](N)C(C)C)CC21[2H]. The smallest absolute Gasteiger partial charge is 0.323 e. The number of benzene rings is 4. The average Bonchev–Trinajstić information content (AvgIpc) is 0.701. The molecule has 16 atom stereocenters. The quantitative estimate of drug-likeness (QED) is 0.0303. The molecule has 120 heavy (non-hydrogen) atoms. The summed E-state index contributed by atoms with van der Waals surface area (Å²) < 4.78 is 302. The van der Waals surface area contributed by atoms with Crippen LogP contribution in [-0.2, 0) is 63.8 Å². The molecule has 0 bridgehead atoms. The van der Waals surface area contributed by atoms with Crippen LogP contribution in [0.25, 0.3) is 0 Å². The van der Waals surface area contributed by atoms with E-state index in [1.165, 1.54) is 67.3 Å². The van der Waals surface area contributed by atoms with Gasteiger partial charge in [-0.15, -0.1) is 0 Å². The van der Waals surface area contributed by atoms with E-state index < -0.39 is 209 Å². The summed E-state index contributed by atoms with van der Waals surface area (Å²) in [6, 6.07) is -0.933. The summed E-state index contributed by atoms with van der Waals surface area (Å²) in [6.07, 6.45) is -15.4. The fraction of sp³-hybridized carbons (Fsp3) is 0.708. The van der Waals surface area contributed by atoms with E-state index in [0.29, 0.717) is 64.5 Å². The van der Waals surface area contributed by atoms with Crippen LogP contribution in [0.4, 0.5) is 0 Å². The molecule has 12 unspecified atom stereocenters. The van der Waals surface area contributed by atoms with Crippen molar-refractivity contribution in [3.63, 3.8) is 0 Å². The lowest BCUT2D eigenvalue weighted by Crippen LogP contribution is -2.51. The zero-order chi connectivity index (χ0) is 112. The number of nitrogens with zero attached hydrogens (tertiary/aromatic N) is 4. The third kappa shape index (κ3) is 23.8. The summed E-state index contributed by atoms with van der Waals surface area (Å²) in [6.45, 7) is 21.9. The molecule has 24 nitrogen and oxygen atoms in total. The van der Waals surface area contributed by atoms with Crippen molar-refractivity contribution in [2.45, 2.75) is 260 Å². The lowest BCUT2D eigenvalue weighted by Gasteiger charge is -2.47. The molecule has 0 aliphatic carbocycles. The molecule has 0 radical (unpaired) electrons. The van der Waals surface area contributed by atoms with Gasteiger partial charge in [0.15, 0.2) is 46.0 Å². The number of methoxy groups -OCH3 is 8. The van der Waals surface area contributed by atoms with E-state index in [4.69, 9.17) is 102 Å². The fourth-order valence-corrected chi connectivity index (χ4v) is 15.5. The summed E-state index contributed by atoms with van der Waals surface area (Å²) in [4.78, 5) is 57.5. The summed E-state index contributed by atoms with van der Waals surface area (Å²) >= 11 is 0. The van der Waals surface area contributed by atoms with Crippen molar-refractivity contribution in [1.29, 1.82) is 0 Å². The molecule has 0 aromatic heterocycles. The average molecular weight is 1700 g/mol. The Morgan fingerprint density at radius 3 is 1.02 bits per heavy atom. The largest absolute Gasteiger partial charge is 0.493 e. The second-order valence-corrected chi connectivity index (χ2v) is 34.7. The van der Waals surface area contributed by atoms with Gasteiger partial charge in [-0.05, 0) is 192 Å². The number of piperidine rings is 4. The fourth-order valence-electron chi connectivity index (χ4n) is 15.5. The summed E-state index contributed by atoms with van der Waals surface area (Å²) in [5.74, 6) is -11.0. The number of fused-ring (bicyclic) bond motifs is 12. The number of rotatable bonds is 28. The Morgan fingerprint density at radius 2 is 0.708 bits per heavy atom. The highest BCUT2D eigenvalue weighted by Crippen LogP contribution is 2.50. The van der Waals surface area contributed by atoms with E-state index in [1.54, 1.807) is 93.5 Å². The number of carbonyl (C=O) groups is 4. The minimum absolute atomic E-state index is 0.00359. The molecule has 0 amide bonds. The predicted molar refractivity (Wildman–Crippen MR) is 471 cm³/mol. The van der Waals surface area contributed by atoms with Crippen LogP contribution in [0.2, 0.25) is 0 Å². The Hall–Kier alpha value is -7.16. The van der Waals surface area contributed by atoms with E-state index in [-0.39, 0.29) is 128 Å². The highest BCUT2D eigenvalue weighted by Gasteiger charge is 2.47. The first-order valence-corrected chi connectivity index (χ1v) is 41.9. The van der Waals surface area contributed by atoms with E-state index >= 15 is 0 Å². The zero-order valence-corrected chi connectivity index (χ0v) is 74.3. The van der Waals surface area contributed by atoms with Crippen LogP contribution < -0.4 is 60.8 Å². The summed E-state index contributed by atoms with van der Waals surface area (Å²) in [5, 5.41) is 0. The molecule has 8 aliphatic rings. The molecular weight excluding hydrogens is 1520 g/mol. The van der Waals surface area contributed by atoms with Gasteiger partial charge in [0, 0.05) is 149 Å². The van der Waals surface area contributed by atoms with E-state index in [0.717, 1.165) is 18.2 Å². The van der Waals surface area contributed by atoms with Crippen molar-refractivity contribution in [1.82, 2.24) is 19.6 Å². The van der Waals surface area contributed by atoms with Gasteiger partial charge < -0.3 is 79.8 Å². The Kier molecular flexibility index (Phi) is 23.6. The van der Waals surface area contributed by atoms with Gasteiger partial charge in [0.1, 0.15) is 48.6 Å².